The Bertz CT molecular complexity index is 1130. The van der Waals surface area contributed by atoms with Gasteiger partial charge in [-0.15, -0.1) is 0 Å². The molecule has 162 valence electrons. The molecule has 1 aromatic heterocycles. The first-order valence-corrected chi connectivity index (χ1v) is 9.91. The van der Waals surface area contributed by atoms with Crippen LogP contribution < -0.4 is 10.1 Å². The molecule has 1 N–H and O–H groups in total. The number of nitro benzene ring substituents is 1. The highest BCUT2D eigenvalue weighted by Crippen LogP contribution is 2.35. The lowest BCUT2D eigenvalue weighted by atomic mass is 10.2. The van der Waals surface area contributed by atoms with Crippen LogP contribution in [-0.2, 0) is 12.9 Å². The number of aromatic nitrogens is 2. The number of alkyl halides is 3. The standard InChI is InChI=1S/C18H11Br2F3N4O4/c19-13-7-11(27(29)30)8-14(20)16(13)24-17(28)15-4-5-26(25-15)9-31-12-3-1-2-10(6-12)18(21,22)23/h1-8H,9H2,(H,24,28). The van der Waals surface area contributed by atoms with Crippen molar-refractivity contribution in [2.75, 3.05) is 5.32 Å². The van der Waals surface area contributed by atoms with Crippen LogP contribution in [0.25, 0.3) is 0 Å². The molecule has 0 radical (unpaired) electrons. The highest BCUT2D eigenvalue weighted by Gasteiger charge is 2.30. The number of carbonyl (C=O) groups excluding carboxylic acids is 1. The van der Waals surface area contributed by atoms with Crippen LogP contribution in [0.1, 0.15) is 16.1 Å². The average molecular weight is 564 g/mol. The fourth-order valence-electron chi connectivity index (χ4n) is 2.42. The topological polar surface area (TPSA) is 99.3 Å². The Morgan fingerprint density at radius 3 is 2.48 bits per heavy atom. The molecule has 3 aromatic rings. The zero-order valence-electron chi connectivity index (χ0n) is 15.2. The summed E-state index contributed by atoms with van der Waals surface area (Å²) in [7, 11) is 0. The lowest BCUT2D eigenvalue weighted by Crippen LogP contribution is -2.15. The van der Waals surface area contributed by atoms with Gasteiger partial charge in [0.25, 0.3) is 11.6 Å². The molecule has 1 heterocycles. The van der Waals surface area contributed by atoms with Crippen molar-refractivity contribution in [3.05, 3.63) is 79.0 Å². The van der Waals surface area contributed by atoms with Crippen molar-refractivity contribution >= 4 is 49.1 Å². The predicted molar refractivity (Wildman–Crippen MR) is 111 cm³/mol. The summed E-state index contributed by atoms with van der Waals surface area (Å²) in [4.78, 5) is 22.8. The first-order chi connectivity index (χ1) is 14.5. The smallest absolute Gasteiger partial charge is 0.416 e. The number of carbonyl (C=O) groups is 1. The van der Waals surface area contributed by atoms with E-state index in [1.807, 2.05) is 0 Å². The summed E-state index contributed by atoms with van der Waals surface area (Å²) in [5.74, 6) is -0.608. The molecule has 0 fully saturated rings. The van der Waals surface area contributed by atoms with E-state index < -0.39 is 22.6 Å². The van der Waals surface area contributed by atoms with E-state index in [2.05, 4.69) is 42.3 Å². The second-order valence-corrected chi connectivity index (χ2v) is 7.74. The molecule has 8 nitrogen and oxygen atoms in total. The van der Waals surface area contributed by atoms with Crippen molar-refractivity contribution in [2.24, 2.45) is 0 Å². The normalized spacial score (nSPS) is 11.3. The van der Waals surface area contributed by atoms with Gasteiger partial charge in [-0.05, 0) is 56.1 Å². The summed E-state index contributed by atoms with van der Waals surface area (Å²) < 4.78 is 45.4. The minimum absolute atomic E-state index is 0.00444. The minimum atomic E-state index is -4.49. The van der Waals surface area contributed by atoms with Crippen LogP contribution in [0.4, 0.5) is 24.5 Å². The lowest BCUT2D eigenvalue weighted by Gasteiger charge is -2.10. The lowest BCUT2D eigenvalue weighted by molar-refractivity contribution is -0.385. The van der Waals surface area contributed by atoms with Gasteiger partial charge in [-0.25, -0.2) is 4.68 Å². The number of hydrogen-bond acceptors (Lipinski definition) is 5. The molecule has 0 spiro atoms. The third-order valence-electron chi connectivity index (χ3n) is 3.87. The van der Waals surface area contributed by atoms with Crippen LogP contribution in [0.15, 0.2) is 57.6 Å². The SMILES string of the molecule is O=C(Nc1c(Br)cc([N+](=O)[O-])cc1Br)c1ccn(COc2cccc(C(F)(F)F)c2)n1. The Morgan fingerprint density at radius 1 is 1.19 bits per heavy atom. The highest BCUT2D eigenvalue weighted by molar-refractivity contribution is 9.11. The number of anilines is 1. The van der Waals surface area contributed by atoms with Gasteiger partial charge in [0.2, 0.25) is 0 Å². The zero-order valence-corrected chi connectivity index (χ0v) is 18.4. The van der Waals surface area contributed by atoms with Crippen LogP contribution in [-0.4, -0.2) is 20.6 Å². The second kappa shape index (κ2) is 9.06. The number of nitrogens with zero attached hydrogens (tertiary/aromatic N) is 3. The summed E-state index contributed by atoms with van der Waals surface area (Å²) in [6.45, 7) is -0.223. The maximum absolute atomic E-state index is 12.8. The molecule has 2 aromatic carbocycles. The van der Waals surface area contributed by atoms with Crippen LogP contribution in [0.2, 0.25) is 0 Å². The van der Waals surface area contributed by atoms with Crippen molar-refractivity contribution in [2.45, 2.75) is 12.9 Å². The van der Waals surface area contributed by atoms with Crippen molar-refractivity contribution in [3.8, 4) is 5.75 Å². The van der Waals surface area contributed by atoms with E-state index in [1.54, 1.807) is 0 Å². The third kappa shape index (κ3) is 5.61. The van der Waals surface area contributed by atoms with Gasteiger partial charge in [0.1, 0.15) is 5.75 Å². The Kier molecular flexibility index (Phi) is 6.65. The maximum Gasteiger partial charge on any atom is 0.416 e. The van der Waals surface area contributed by atoms with Gasteiger partial charge in [0.15, 0.2) is 12.4 Å². The summed E-state index contributed by atoms with van der Waals surface area (Å²) in [6.07, 6.45) is -3.07. The van der Waals surface area contributed by atoms with E-state index in [0.717, 1.165) is 12.1 Å². The van der Waals surface area contributed by atoms with Gasteiger partial charge in [0, 0.05) is 27.3 Å². The maximum atomic E-state index is 12.8. The van der Waals surface area contributed by atoms with Crippen LogP contribution >= 0.6 is 31.9 Å². The molecule has 0 aliphatic rings. The van der Waals surface area contributed by atoms with E-state index in [9.17, 15) is 28.1 Å². The van der Waals surface area contributed by atoms with Crippen molar-refractivity contribution < 1.29 is 27.6 Å². The molecular formula is C18H11Br2F3N4O4. The van der Waals surface area contributed by atoms with E-state index >= 15 is 0 Å². The molecule has 0 aliphatic heterocycles. The molecule has 31 heavy (non-hydrogen) atoms. The van der Waals surface area contributed by atoms with Crippen LogP contribution in [0.5, 0.6) is 5.75 Å². The molecule has 3 rings (SSSR count). The fourth-order valence-corrected chi connectivity index (χ4v) is 3.78. The molecule has 0 saturated carbocycles. The number of halogens is 5. The van der Waals surface area contributed by atoms with Crippen LogP contribution in [0, 0.1) is 10.1 Å². The summed E-state index contributed by atoms with van der Waals surface area (Å²) in [5, 5.41) is 17.5. The third-order valence-corrected chi connectivity index (χ3v) is 5.13. The number of benzene rings is 2. The van der Waals surface area contributed by atoms with Gasteiger partial charge in [0.05, 0.1) is 16.2 Å². The number of nitro groups is 1. The number of amides is 1. The average Bonchev–Trinajstić information content (AvgIpc) is 3.17. The Morgan fingerprint density at radius 2 is 1.87 bits per heavy atom. The molecule has 0 bridgehead atoms. The number of hydrogen-bond donors (Lipinski definition) is 1. The van der Waals surface area contributed by atoms with Crippen molar-refractivity contribution in [1.82, 2.24) is 9.78 Å². The van der Waals surface area contributed by atoms with Crippen molar-refractivity contribution in [3.63, 3.8) is 0 Å². The molecule has 0 atom stereocenters. The van der Waals surface area contributed by atoms with E-state index in [1.165, 1.54) is 41.2 Å². The summed E-state index contributed by atoms with van der Waals surface area (Å²) in [5.41, 5.74) is -0.743. The molecule has 0 aliphatic carbocycles. The van der Waals surface area contributed by atoms with Gasteiger partial charge in [-0.2, -0.15) is 18.3 Å². The fraction of sp³-hybridized carbons (Fsp3) is 0.111. The Hall–Kier alpha value is -2.93. The minimum Gasteiger partial charge on any atom is -0.471 e. The van der Waals surface area contributed by atoms with E-state index in [0.29, 0.717) is 0 Å². The molecule has 0 unspecified atom stereocenters. The Balaban J connectivity index is 1.67. The van der Waals surface area contributed by atoms with Gasteiger partial charge < -0.3 is 10.1 Å². The molecule has 13 heteroatoms. The monoisotopic (exact) mass is 562 g/mol. The second-order valence-electron chi connectivity index (χ2n) is 6.04. The number of ether oxygens (including phenoxy) is 1. The number of nitrogens with one attached hydrogen (secondary N) is 1. The largest absolute Gasteiger partial charge is 0.471 e. The zero-order chi connectivity index (χ0) is 22.8. The van der Waals surface area contributed by atoms with E-state index in [-0.39, 0.29) is 38.5 Å². The Labute approximate surface area is 189 Å². The predicted octanol–water partition coefficient (Wildman–Crippen LogP) is 5.62. The first-order valence-electron chi connectivity index (χ1n) is 8.33. The molecular weight excluding hydrogens is 553 g/mol. The number of non-ortho nitro benzene ring substituents is 1. The molecule has 0 saturated heterocycles. The highest BCUT2D eigenvalue weighted by atomic mass is 79.9. The quantitative estimate of drug-likeness (QED) is 0.310. The van der Waals surface area contributed by atoms with Crippen molar-refractivity contribution in [1.29, 1.82) is 0 Å². The van der Waals surface area contributed by atoms with E-state index in [4.69, 9.17) is 4.74 Å². The molecule has 1 amide bonds. The number of rotatable bonds is 6. The first kappa shape index (κ1) is 22.7. The summed E-state index contributed by atoms with van der Waals surface area (Å²) in [6, 6.07) is 8.25. The summed E-state index contributed by atoms with van der Waals surface area (Å²) >= 11 is 6.34. The van der Waals surface area contributed by atoms with Gasteiger partial charge >= 0.3 is 6.18 Å². The van der Waals surface area contributed by atoms with Gasteiger partial charge in [-0.1, -0.05) is 6.07 Å². The van der Waals surface area contributed by atoms with Crippen LogP contribution in [0.3, 0.4) is 0 Å². The van der Waals surface area contributed by atoms with Gasteiger partial charge in [-0.3, -0.25) is 14.9 Å².